The molecule has 148 valence electrons. The monoisotopic (exact) mass is 385 g/mol. The molecule has 1 amide bonds. The predicted octanol–water partition coefficient (Wildman–Crippen LogP) is 2.13. The number of imidazole rings is 1. The zero-order valence-electron chi connectivity index (χ0n) is 16.3. The van der Waals surface area contributed by atoms with E-state index in [1.807, 2.05) is 13.8 Å². The zero-order valence-corrected chi connectivity index (χ0v) is 16.3. The Kier molecular flexibility index (Phi) is 5.34. The van der Waals surface area contributed by atoms with E-state index in [1.54, 1.807) is 18.2 Å². The first-order chi connectivity index (χ1) is 13.5. The lowest BCUT2D eigenvalue weighted by atomic mass is 10.0. The van der Waals surface area contributed by atoms with Crippen molar-refractivity contribution in [2.75, 3.05) is 14.2 Å². The van der Waals surface area contributed by atoms with Crippen molar-refractivity contribution in [3.05, 3.63) is 40.2 Å². The summed E-state index contributed by atoms with van der Waals surface area (Å²) in [7, 11) is 3.00. The Bertz CT molecular complexity index is 1080. The Morgan fingerprint density at radius 1 is 1.21 bits per heavy atom. The molecule has 0 fully saturated rings. The number of nitrogens with two attached hydrogens (primary N) is 1. The molecular weight excluding hydrogens is 362 g/mol. The molecule has 2 heterocycles. The summed E-state index contributed by atoms with van der Waals surface area (Å²) in [6, 6.07) is 5.17. The number of nitrogens with one attached hydrogen (secondary N) is 1. The van der Waals surface area contributed by atoms with E-state index < -0.39 is 11.6 Å². The van der Waals surface area contributed by atoms with E-state index in [0.717, 1.165) is 12.8 Å². The van der Waals surface area contributed by atoms with E-state index in [0.29, 0.717) is 23.0 Å². The number of methoxy groups -OCH3 is 2. The lowest BCUT2D eigenvalue weighted by Crippen LogP contribution is -2.17. The van der Waals surface area contributed by atoms with Gasteiger partial charge in [0.2, 0.25) is 0 Å². The molecule has 3 rings (SSSR count). The van der Waals surface area contributed by atoms with Crippen molar-refractivity contribution >= 4 is 17.1 Å². The summed E-state index contributed by atoms with van der Waals surface area (Å²) in [5, 5.41) is 0. The van der Waals surface area contributed by atoms with Crippen LogP contribution in [-0.2, 0) is 0 Å². The van der Waals surface area contributed by atoms with E-state index in [9.17, 15) is 9.59 Å². The lowest BCUT2D eigenvalue weighted by molar-refractivity contribution is 0.0996. The molecule has 2 aromatic heterocycles. The van der Waals surface area contributed by atoms with Crippen LogP contribution in [0.5, 0.6) is 11.5 Å². The summed E-state index contributed by atoms with van der Waals surface area (Å²) in [4.78, 5) is 36.4. The second-order valence-corrected chi connectivity index (χ2v) is 6.28. The van der Waals surface area contributed by atoms with Crippen molar-refractivity contribution in [3.63, 3.8) is 0 Å². The molecule has 3 N–H and O–H groups in total. The number of para-hydroxylation sites is 1. The SMILES string of the molecule is CCC(CC)c1nc(C(N)=O)c2[nH]c(=O)n(-c3cccc(OC)c3OC)c2n1. The molecule has 0 saturated carbocycles. The van der Waals surface area contributed by atoms with Gasteiger partial charge in [-0.05, 0) is 25.0 Å². The highest BCUT2D eigenvalue weighted by Gasteiger charge is 2.24. The fraction of sp³-hybridized carbons (Fsp3) is 0.368. The molecule has 1 aromatic carbocycles. The van der Waals surface area contributed by atoms with Crippen LogP contribution in [0.1, 0.15) is 48.9 Å². The number of benzene rings is 1. The van der Waals surface area contributed by atoms with Crippen LogP contribution < -0.4 is 20.9 Å². The van der Waals surface area contributed by atoms with Crippen LogP contribution in [0.4, 0.5) is 0 Å². The average molecular weight is 385 g/mol. The summed E-state index contributed by atoms with van der Waals surface area (Å²) < 4.78 is 12.1. The minimum absolute atomic E-state index is 0.00962. The van der Waals surface area contributed by atoms with Crippen LogP contribution in [0, 0.1) is 0 Å². The molecule has 0 aliphatic carbocycles. The maximum Gasteiger partial charge on any atom is 0.332 e. The fourth-order valence-corrected chi connectivity index (χ4v) is 3.29. The summed E-state index contributed by atoms with van der Waals surface area (Å²) in [5.41, 5.74) is 5.92. The first kappa shape index (κ1) is 19.4. The van der Waals surface area contributed by atoms with Crippen molar-refractivity contribution in [3.8, 4) is 17.2 Å². The van der Waals surface area contributed by atoms with Gasteiger partial charge in [-0.15, -0.1) is 0 Å². The number of hydrogen-bond donors (Lipinski definition) is 2. The number of H-pyrrole nitrogens is 1. The van der Waals surface area contributed by atoms with Gasteiger partial charge in [-0.25, -0.2) is 19.3 Å². The van der Waals surface area contributed by atoms with Gasteiger partial charge in [0.15, 0.2) is 22.8 Å². The average Bonchev–Trinajstić information content (AvgIpc) is 3.02. The third kappa shape index (κ3) is 3.08. The Morgan fingerprint density at radius 3 is 2.50 bits per heavy atom. The van der Waals surface area contributed by atoms with Crippen molar-refractivity contribution < 1.29 is 14.3 Å². The van der Waals surface area contributed by atoms with Gasteiger partial charge in [0.25, 0.3) is 5.91 Å². The molecule has 0 spiro atoms. The maximum absolute atomic E-state index is 12.8. The van der Waals surface area contributed by atoms with E-state index in [2.05, 4.69) is 15.0 Å². The third-order valence-corrected chi connectivity index (χ3v) is 4.76. The van der Waals surface area contributed by atoms with Crippen LogP contribution in [0.3, 0.4) is 0 Å². The standard InChI is InChI=1S/C19H23N5O4/c1-5-10(6-2)17-21-13(16(20)25)14-18(23-17)24(19(26)22-14)11-8-7-9-12(27-3)15(11)28-4/h7-10H,5-6H2,1-4H3,(H2,20,25)(H,22,26). The lowest BCUT2D eigenvalue weighted by Gasteiger charge is -2.14. The summed E-state index contributed by atoms with van der Waals surface area (Å²) >= 11 is 0. The Morgan fingerprint density at radius 2 is 1.93 bits per heavy atom. The second kappa shape index (κ2) is 7.71. The quantitative estimate of drug-likeness (QED) is 0.642. The van der Waals surface area contributed by atoms with Crippen LogP contribution in [0.15, 0.2) is 23.0 Å². The second-order valence-electron chi connectivity index (χ2n) is 6.28. The van der Waals surface area contributed by atoms with Crippen molar-refractivity contribution in [2.24, 2.45) is 5.73 Å². The van der Waals surface area contributed by atoms with E-state index >= 15 is 0 Å². The zero-order chi connectivity index (χ0) is 20.4. The fourth-order valence-electron chi connectivity index (χ4n) is 3.29. The van der Waals surface area contributed by atoms with Gasteiger partial charge in [0.1, 0.15) is 11.3 Å². The van der Waals surface area contributed by atoms with Gasteiger partial charge in [0.05, 0.1) is 19.9 Å². The number of ether oxygens (including phenoxy) is 2. The maximum atomic E-state index is 12.8. The smallest absolute Gasteiger partial charge is 0.332 e. The number of rotatable bonds is 7. The highest BCUT2D eigenvalue weighted by Crippen LogP contribution is 2.34. The van der Waals surface area contributed by atoms with Gasteiger partial charge in [-0.1, -0.05) is 19.9 Å². The van der Waals surface area contributed by atoms with Crippen LogP contribution in [-0.4, -0.2) is 39.6 Å². The number of aromatic nitrogens is 4. The Hall–Kier alpha value is -3.36. The number of fused-ring (bicyclic) bond motifs is 1. The number of nitrogens with zero attached hydrogens (tertiary/aromatic N) is 3. The summed E-state index contributed by atoms with van der Waals surface area (Å²) in [6.07, 6.45) is 1.58. The molecule has 0 atom stereocenters. The van der Waals surface area contributed by atoms with Crippen molar-refractivity contribution in [1.29, 1.82) is 0 Å². The Balaban J connectivity index is 2.41. The highest BCUT2D eigenvalue weighted by molar-refractivity contribution is 6.01. The van der Waals surface area contributed by atoms with E-state index in [4.69, 9.17) is 15.2 Å². The van der Waals surface area contributed by atoms with Crippen LogP contribution in [0.25, 0.3) is 16.9 Å². The first-order valence-electron chi connectivity index (χ1n) is 9.00. The number of aromatic amines is 1. The number of primary amides is 1. The van der Waals surface area contributed by atoms with Gasteiger partial charge in [-0.3, -0.25) is 4.79 Å². The minimum atomic E-state index is -0.731. The van der Waals surface area contributed by atoms with Gasteiger partial charge in [0, 0.05) is 5.92 Å². The van der Waals surface area contributed by atoms with Crippen LogP contribution in [0.2, 0.25) is 0 Å². The molecule has 0 radical (unpaired) electrons. The highest BCUT2D eigenvalue weighted by atomic mass is 16.5. The number of hydrogen-bond acceptors (Lipinski definition) is 6. The van der Waals surface area contributed by atoms with Gasteiger partial charge in [-0.2, -0.15) is 0 Å². The molecule has 9 nitrogen and oxygen atoms in total. The molecule has 9 heteroatoms. The van der Waals surface area contributed by atoms with E-state index in [-0.39, 0.29) is 22.8 Å². The number of amides is 1. The summed E-state index contributed by atoms with van der Waals surface area (Å²) in [6.45, 7) is 4.03. The minimum Gasteiger partial charge on any atom is -0.493 e. The molecule has 0 saturated heterocycles. The van der Waals surface area contributed by atoms with Crippen molar-refractivity contribution in [2.45, 2.75) is 32.6 Å². The third-order valence-electron chi connectivity index (χ3n) is 4.76. The first-order valence-corrected chi connectivity index (χ1v) is 9.00. The molecule has 0 bridgehead atoms. The molecule has 0 aliphatic heterocycles. The molecule has 3 aromatic rings. The summed E-state index contributed by atoms with van der Waals surface area (Å²) in [5.74, 6) is 0.613. The van der Waals surface area contributed by atoms with E-state index in [1.165, 1.54) is 18.8 Å². The normalized spacial score (nSPS) is 11.2. The van der Waals surface area contributed by atoms with Crippen LogP contribution >= 0.6 is 0 Å². The Labute approximate surface area is 161 Å². The molecular formula is C19H23N5O4. The molecule has 0 aliphatic rings. The number of carbonyl (C=O) groups excluding carboxylic acids is 1. The topological polar surface area (TPSA) is 125 Å². The van der Waals surface area contributed by atoms with Crippen molar-refractivity contribution in [1.82, 2.24) is 19.5 Å². The molecule has 0 unspecified atom stereocenters. The van der Waals surface area contributed by atoms with Gasteiger partial charge < -0.3 is 20.2 Å². The number of carbonyl (C=O) groups is 1. The largest absolute Gasteiger partial charge is 0.493 e. The predicted molar refractivity (Wildman–Crippen MR) is 104 cm³/mol. The molecule has 28 heavy (non-hydrogen) atoms. The van der Waals surface area contributed by atoms with Gasteiger partial charge >= 0.3 is 5.69 Å².